The van der Waals surface area contributed by atoms with Gasteiger partial charge in [-0.05, 0) is 22.8 Å². The fraction of sp³-hybridized carbons (Fsp3) is 0.500. The van der Waals surface area contributed by atoms with Crippen LogP contribution in [0, 0.1) is 10.8 Å². The zero-order valence-corrected chi connectivity index (χ0v) is 14.0. The first-order chi connectivity index (χ1) is 9.24. The Labute approximate surface area is 129 Å². The van der Waals surface area contributed by atoms with Crippen molar-refractivity contribution >= 4 is 17.2 Å². The molecule has 1 nitrogen and oxygen atoms in total. The standard InChI is InChI=1S/C18H27NS/c1-6-17(2,3)14-18(4,5)12-16(20)19-13-15-10-8-7-9-11-15/h6-11H,1,12-14H2,2-5H3,(H,19,20). The van der Waals surface area contributed by atoms with Crippen molar-refractivity contribution in [1.82, 2.24) is 5.32 Å². The summed E-state index contributed by atoms with van der Waals surface area (Å²) >= 11 is 5.49. The van der Waals surface area contributed by atoms with E-state index in [0.717, 1.165) is 24.4 Å². The lowest BCUT2D eigenvalue weighted by Gasteiger charge is -2.33. The quantitative estimate of drug-likeness (QED) is 0.552. The lowest BCUT2D eigenvalue weighted by atomic mass is 9.73. The summed E-state index contributed by atoms with van der Waals surface area (Å²) in [6.07, 6.45) is 4.03. The molecule has 0 unspecified atom stereocenters. The van der Waals surface area contributed by atoms with Crippen molar-refractivity contribution in [3.05, 3.63) is 48.6 Å². The van der Waals surface area contributed by atoms with Crippen molar-refractivity contribution in [2.75, 3.05) is 0 Å². The SMILES string of the molecule is C=CC(C)(C)CC(C)(C)CC(=S)NCc1ccccc1. The van der Waals surface area contributed by atoms with E-state index in [1.165, 1.54) is 5.56 Å². The van der Waals surface area contributed by atoms with Crippen molar-refractivity contribution in [2.24, 2.45) is 10.8 Å². The van der Waals surface area contributed by atoms with E-state index in [4.69, 9.17) is 12.2 Å². The molecule has 0 amide bonds. The smallest absolute Gasteiger partial charge is 0.0761 e. The third-order valence-corrected chi connectivity index (χ3v) is 3.75. The van der Waals surface area contributed by atoms with Crippen LogP contribution >= 0.6 is 12.2 Å². The van der Waals surface area contributed by atoms with Gasteiger partial charge in [-0.3, -0.25) is 0 Å². The largest absolute Gasteiger partial charge is 0.376 e. The van der Waals surface area contributed by atoms with Gasteiger partial charge in [0.1, 0.15) is 0 Å². The summed E-state index contributed by atoms with van der Waals surface area (Å²) in [5, 5.41) is 3.36. The molecule has 20 heavy (non-hydrogen) atoms. The number of allylic oxidation sites excluding steroid dienone is 1. The van der Waals surface area contributed by atoms with E-state index in [1.807, 2.05) is 12.1 Å². The third kappa shape index (κ3) is 6.33. The second kappa shape index (κ2) is 7.03. The van der Waals surface area contributed by atoms with E-state index >= 15 is 0 Å². The first kappa shape index (κ1) is 16.9. The number of thiocarbonyl (C=S) groups is 1. The van der Waals surface area contributed by atoms with E-state index < -0.39 is 0 Å². The lowest BCUT2D eigenvalue weighted by Crippen LogP contribution is -2.29. The first-order valence-corrected chi connectivity index (χ1v) is 7.59. The van der Waals surface area contributed by atoms with Gasteiger partial charge >= 0.3 is 0 Å². The van der Waals surface area contributed by atoms with Crippen LogP contribution in [0.1, 0.15) is 46.1 Å². The van der Waals surface area contributed by atoms with Gasteiger partial charge in [0.2, 0.25) is 0 Å². The Kier molecular flexibility index (Phi) is 5.94. The minimum atomic E-state index is 0.151. The molecule has 0 aliphatic heterocycles. The predicted octanol–water partition coefficient (Wildman–Crippen LogP) is 5.12. The van der Waals surface area contributed by atoms with Crippen LogP contribution in [0.15, 0.2) is 43.0 Å². The molecule has 0 radical (unpaired) electrons. The molecule has 110 valence electrons. The zero-order valence-electron chi connectivity index (χ0n) is 13.2. The second-order valence-electron chi connectivity index (χ2n) is 6.97. The Morgan fingerprint density at radius 3 is 2.35 bits per heavy atom. The molecule has 0 aromatic heterocycles. The number of benzene rings is 1. The van der Waals surface area contributed by atoms with Crippen LogP contribution < -0.4 is 5.32 Å². The Balaban J connectivity index is 2.47. The summed E-state index contributed by atoms with van der Waals surface area (Å²) in [5.74, 6) is 0. The Morgan fingerprint density at radius 2 is 1.80 bits per heavy atom. The van der Waals surface area contributed by atoms with E-state index in [9.17, 15) is 0 Å². The van der Waals surface area contributed by atoms with Crippen LogP contribution in [0.25, 0.3) is 0 Å². The molecule has 1 N–H and O–H groups in total. The maximum Gasteiger partial charge on any atom is 0.0761 e. The lowest BCUT2D eigenvalue weighted by molar-refractivity contribution is 0.246. The molecular weight excluding hydrogens is 262 g/mol. The van der Waals surface area contributed by atoms with Gasteiger partial charge in [0.05, 0.1) is 4.99 Å². The van der Waals surface area contributed by atoms with Crippen LogP contribution in [0.2, 0.25) is 0 Å². The highest BCUT2D eigenvalue weighted by molar-refractivity contribution is 7.80. The van der Waals surface area contributed by atoms with E-state index in [-0.39, 0.29) is 10.8 Å². The number of nitrogens with one attached hydrogen (secondary N) is 1. The molecule has 0 heterocycles. The topological polar surface area (TPSA) is 12.0 Å². The summed E-state index contributed by atoms with van der Waals surface area (Å²) in [6.45, 7) is 13.7. The van der Waals surface area contributed by atoms with Crippen molar-refractivity contribution in [2.45, 2.75) is 47.1 Å². The zero-order chi connectivity index (χ0) is 15.2. The molecule has 1 rings (SSSR count). The molecule has 0 spiro atoms. The van der Waals surface area contributed by atoms with Gasteiger partial charge < -0.3 is 5.32 Å². The molecule has 0 aliphatic carbocycles. The van der Waals surface area contributed by atoms with E-state index in [1.54, 1.807) is 0 Å². The Bertz CT molecular complexity index is 446. The summed E-state index contributed by atoms with van der Waals surface area (Å²) in [5.41, 5.74) is 1.59. The molecule has 0 aliphatic rings. The second-order valence-corrected chi connectivity index (χ2v) is 7.47. The number of hydrogen-bond acceptors (Lipinski definition) is 1. The van der Waals surface area contributed by atoms with Gasteiger partial charge in [0, 0.05) is 13.0 Å². The maximum atomic E-state index is 5.49. The molecule has 0 atom stereocenters. The monoisotopic (exact) mass is 289 g/mol. The van der Waals surface area contributed by atoms with E-state index in [0.29, 0.717) is 0 Å². The minimum Gasteiger partial charge on any atom is -0.376 e. The molecule has 0 saturated heterocycles. The normalized spacial score (nSPS) is 12.0. The highest BCUT2D eigenvalue weighted by atomic mass is 32.1. The first-order valence-electron chi connectivity index (χ1n) is 7.18. The van der Waals surface area contributed by atoms with Crippen molar-refractivity contribution in [1.29, 1.82) is 0 Å². The van der Waals surface area contributed by atoms with Gasteiger partial charge in [0.15, 0.2) is 0 Å². The highest BCUT2D eigenvalue weighted by Crippen LogP contribution is 2.36. The molecule has 0 fully saturated rings. The fourth-order valence-corrected chi connectivity index (χ4v) is 3.12. The van der Waals surface area contributed by atoms with Crippen molar-refractivity contribution in [3.63, 3.8) is 0 Å². The van der Waals surface area contributed by atoms with Crippen molar-refractivity contribution < 1.29 is 0 Å². The van der Waals surface area contributed by atoms with Crippen molar-refractivity contribution in [3.8, 4) is 0 Å². The molecule has 2 heteroatoms. The van der Waals surface area contributed by atoms with Gasteiger partial charge in [-0.15, -0.1) is 6.58 Å². The summed E-state index contributed by atoms with van der Waals surface area (Å²) in [7, 11) is 0. The Hall–Kier alpha value is -1.15. The van der Waals surface area contributed by atoms with Gasteiger partial charge in [0.25, 0.3) is 0 Å². The average Bonchev–Trinajstić information content (AvgIpc) is 2.36. The highest BCUT2D eigenvalue weighted by Gasteiger charge is 2.27. The predicted molar refractivity (Wildman–Crippen MR) is 92.9 cm³/mol. The van der Waals surface area contributed by atoms with Gasteiger partial charge in [-0.25, -0.2) is 0 Å². The molecule has 1 aromatic carbocycles. The van der Waals surface area contributed by atoms with Gasteiger partial charge in [-0.1, -0.05) is 76.3 Å². The van der Waals surface area contributed by atoms with Crippen LogP contribution in [0.5, 0.6) is 0 Å². The van der Waals surface area contributed by atoms with E-state index in [2.05, 4.69) is 63.9 Å². The minimum absolute atomic E-state index is 0.151. The average molecular weight is 289 g/mol. The number of rotatable bonds is 7. The Morgan fingerprint density at radius 1 is 1.20 bits per heavy atom. The summed E-state index contributed by atoms with van der Waals surface area (Å²) < 4.78 is 0. The van der Waals surface area contributed by atoms with Crippen LogP contribution in [0.4, 0.5) is 0 Å². The summed E-state index contributed by atoms with van der Waals surface area (Å²) in [4.78, 5) is 0.943. The van der Waals surface area contributed by atoms with Crippen LogP contribution in [-0.4, -0.2) is 4.99 Å². The van der Waals surface area contributed by atoms with Crippen LogP contribution in [0.3, 0.4) is 0 Å². The van der Waals surface area contributed by atoms with Crippen LogP contribution in [-0.2, 0) is 6.54 Å². The third-order valence-electron chi connectivity index (χ3n) is 3.46. The number of hydrogen-bond donors (Lipinski definition) is 1. The summed E-state index contributed by atoms with van der Waals surface area (Å²) in [6, 6.07) is 10.4. The molecule has 0 saturated carbocycles. The fourth-order valence-electron chi connectivity index (χ4n) is 2.66. The molecule has 1 aromatic rings. The maximum absolute atomic E-state index is 5.49. The molecule has 0 bridgehead atoms. The molecular formula is C18H27NS. The van der Waals surface area contributed by atoms with Gasteiger partial charge in [-0.2, -0.15) is 0 Å².